The number of hydrogen-bond acceptors (Lipinski definition) is 3. The number of halogens is 2. The van der Waals surface area contributed by atoms with E-state index in [1.807, 2.05) is 0 Å². The first-order valence-electron chi connectivity index (χ1n) is 4.56. The maximum absolute atomic E-state index is 13.1. The molecule has 0 unspecified atom stereocenters. The molecule has 0 bridgehead atoms. The monoisotopic (exact) mass is 245 g/mol. The van der Waals surface area contributed by atoms with E-state index in [4.69, 9.17) is 5.11 Å². The van der Waals surface area contributed by atoms with Gasteiger partial charge in [0.25, 0.3) is 0 Å². The summed E-state index contributed by atoms with van der Waals surface area (Å²) < 4.78 is 26.2. The Morgan fingerprint density at radius 3 is 2.41 bits per heavy atom. The molecular weight excluding hydrogens is 236 g/mol. The molecule has 0 aromatic heterocycles. The lowest BCUT2D eigenvalue weighted by Crippen LogP contribution is -2.28. The molecule has 1 rings (SSSR count). The summed E-state index contributed by atoms with van der Waals surface area (Å²) in [4.78, 5) is 25.5. The number of nitrogens with one attached hydrogen (secondary N) is 1. The summed E-state index contributed by atoms with van der Waals surface area (Å²) in [5.41, 5.74) is 1.36. The van der Waals surface area contributed by atoms with E-state index in [9.17, 15) is 18.4 Å². The van der Waals surface area contributed by atoms with Gasteiger partial charge in [-0.1, -0.05) is 6.07 Å². The standard InChI is InChI=1S/C10H9F2NO4/c11-7-2-1-3-8(12)6(7)4-9(14)13-17-5-10(15)16/h1-3H,4-5H2,(H,13,14)(H,15,16). The van der Waals surface area contributed by atoms with Gasteiger partial charge < -0.3 is 5.11 Å². The van der Waals surface area contributed by atoms with Crippen LogP contribution in [-0.2, 0) is 20.8 Å². The minimum Gasteiger partial charge on any atom is -0.479 e. The number of carbonyl (C=O) groups excluding carboxylic acids is 1. The van der Waals surface area contributed by atoms with Crippen molar-refractivity contribution in [1.29, 1.82) is 0 Å². The fourth-order valence-corrected chi connectivity index (χ4v) is 1.08. The predicted molar refractivity (Wildman–Crippen MR) is 51.8 cm³/mol. The molecule has 0 aliphatic rings. The fourth-order valence-electron chi connectivity index (χ4n) is 1.08. The molecule has 0 saturated carbocycles. The van der Waals surface area contributed by atoms with Crippen LogP contribution in [0.25, 0.3) is 0 Å². The van der Waals surface area contributed by atoms with Crippen molar-refractivity contribution in [3.8, 4) is 0 Å². The zero-order valence-electron chi connectivity index (χ0n) is 8.57. The van der Waals surface area contributed by atoms with Crippen LogP contribution in [0.2, 0.25) is 0 Å². The molecule has 1 aromatic carbocycles. The van der Waals surface area contributed by atoms with Crippen LogP contribution in [0.5, 0.6) is 0 Å². The molecule has 0 saturated heterocycles. The average Bonchev–Trinajstić information content (AvgIpc) is 2.23. The lowest BCUT2D eigenvalue weighted by atomic mass is 10.1. The van der Waals surface area contributed by atoms with E-state index in [0.29, 0.717) is 0 Å². The van der Waals surface area contributed by atoms with Gasteiger partial charge >= 0.3 is 5.97 Å². The highest BCUT2D eigenvalue weighted by atomic mass is 19.1. The highest BCUT2D eigenvalue weighted by Crippen LogP contribution is 2.12. The van der Waals surface area contributed by atoms with Crippen molar-refractivity contribution in [3.05, 3.63) is 35.4 Å². The van der Waals surface area contributed by atoms with Crippen molar-refractivity contribution in [3.63, 3.8) is 0 Å². The number of carboxylic acids is 1. The summed E-state index contributed by atoms with van der Waals surface area (Å²) in [5, 5.41) is 8.21. The third-order valence-electron chi connectivity index (χ3n) is 1.78. The maximum atomic E-state index is 13.1. The van der Waals surface area contributed by atoms with E-state index >= 15 is 0 Å². The van der Waals surface area contributed by atoms with Crippen LogP contribution in [0.1, 0.15) is 5.56 Å². The zero-order valence-corrected chi connectivity index (χ0v) is 8.57. The number of hydroxylamine groups is 1. The first kappa shape index (κ1) is 13.0. The Balaban J connectivity index is 2.53. The molecule has 0 fully saturated rings. The largest absolute Gasteiger partial charge is 0.479 e. The summed E-state index contributed by atoms with van der Waals surface area (Å²) in [5.74, 6) is -3.81. The lowest BCUT2D eigenvalue weighted by Gasteiger charge is -2.05. The van der Waals surface area contributed by atoms with Gasteiger partial charge in [-0.2, -0.15) is 0 Å². The highest BCUT2D eigenvalue weighted by molar-refractivity contribution is 5.78. The molecule has 0 aliphatic heterocycles. The first-order chi connectivity index (χ1) is 8.00. The second kappa shape index (κ2) is 5.90. The molecule has 1 aromatic rings. The third-order valence-corrected chi connectivity index (χ3v) is 1.78. The van der Waals surface area contributed by atoms with Crippen LogP contribution in [0.4, 0.5) is 8.78 Å². The van der Waals surface area contributed by atoms with Crippen LogP contribution >= 0.6 is 0 Å². The molecule has 1 amide bonds. The van der Waals surface area contributed by atoms with Crippen LogP contribution in [0, 0.1) is 11.6 Å². The second-order valence-electron chi connectivity index (χ2n) is 3.08. The summed E-state index contributed by atoms with van der Waals surface area (Å²) in [7, 11) is 0. The topological polar surface area (TPSA) is 75.6 Å². The summed E-state index contributed by atoms with van der Waals surface area (Å²) >= 11 is 0. The molecule has 0 radical (unpaired) electrons. The van der Waals surface area contributed by atoms with Gasteiger partial charge in [-0.3, -0.25) is 9.63 Å². The van der Waals surface area contributed by atoms with Gasteiger partial charge in [0.1, 0.15) is 11.6 Å². The summed E-state index contributed by atoms with van der Waals surface area (Å²) in [6.45, 7) is -0.731. The van der Waals surface area contributed by atoms with E-state index < -0.39 is 42.1 Å². The molecule has 0 heterocycles. The SMILES string of the molecule is O=C(O)CONC(=O)Cc1c(F)cccc1F. The van der Waals surface area contributed by atoms with Crippen molar-refractivity contribution in [2.75, 3.05) is 6.61 Å². The van der Waals surface area contributed by atoms with Crippen molar-refractivity contribution >= 4 is 11.9 Å². The normalized spacial score (nSPS) is 10.0. The van der Waals surface area contributed by atoms with E-state index in [-0.39, 0.29) is 0 Å². The van der Waals surface area contributed by atoms with Gasteiger partial charge in [0, 0.05) is 5.56 Å². The number of aliphatic carboxylic acids is 1. The number of carbonyl (C=O) groups is 2. The number of carboxylic acid groups (broad SMARTS) is 1. The number of amides is 1. The molecule has 0 spiro atoms. The van der Waals surface area contributed by atoms with Crippen molar-refractivity contribution in [1.82, 2.24) is 5.48 Å². The van der Waals surface area contributed by atoms with Gasteiger partial charge in [0.2, 0.25) is 5.91 Å². The van der Waals surface area contributed by atoms with Gasteiger partial charge in [-0.15, -0.1) is 0 Å². The zero-order chi connectivity index (χ0) is 12.8. The number of hydrogen-bond donors (Lipinski definition) is 2. The van der Waals surface area contributed by atoms with Crippen molar-refractivity contribution < 1.29 is 28.3 Å². The molecule has 5 nitrogen and oxygen atoms in total. The van der Waals surface area contributed by atoms with Gasteiger partial charge in [0.05, 0.1) is 6.42 Å². The van der Waals surface area contributed by atoms with Gasteiger partial charge in [-0.25, -0.2) is 19.1 Å². The molecule has 7 heteroatoms. The van der Waals surface area contributed by atoms with Gasteiger partial charge in [-0.05, 0) is 12.1 Å². The Labute approximate surface area is 95.0 Å². The maximum Gasteiger partial charge on any atom is 0.332 e. The Bertz CT molecular complexity index is 416. The third kappa shape index (κ3) is 4.15. The molecular formula is C10H9F2NO4. The van der Waals surface area contributed by atoms with Crippen molar-refractivity contribution in [2.24, 2.45) is 0 Å². The van der Waals surface area contributed by atoms with E-state index in [2.05, 4.69) is 4.84 Å². The van der Waals surface area contributed by atoms with E-state index in [1.54, 1.807) is 5.48 Å². The molecule has 0 atom stereocenters. The molecule has 17 heavy (non-hydrogen) atoms. The quantitative estimate of drug-likeness (QED) is 0.746. The van der Waals surface area contributed by atoms with E-state index in [1.165, 1.54) is 6.07 Å². The minimum absolute atomic E-state index is 0.399. The van der Waals surface area contributed by atoms with Crippen molar-refractivity contribution in [2.45, 2.75) is 6.42 Å². The first-order valence-corrected chi connectivity index (χ1v) is 4.56. The number of benzene rings is 1. The number of rotatable bonds is 5. The fraction of sp³-hybridized carbons (Fsp3) is 0.200. The smallest absolute Gasteiger partial charge is 0.332 e. The average molecular weight is 245 g/mol. The molecule has 0 aliphatic carbocycles. The van der Waals surface area contributed by atoms with Crippen LogP contribution in [0.15, 0.2) is 18.2 Å². The lowest BCUT2D eigenvalue weighted by molar-refractivity contribution is -0.149. The second-order valence-corrected chi connectivity index (χ2v) is 3.08. The summed E-state index contributed by atoms with van der Waals surface area (Å²) in [6.07, 6.45) is -0.571. The Morgan fingerprint density at radius 1 is 1.29 bits per heavy atom. The van der Waals surface area contributed by atoms with Crippen LogP contribution in [0.3, 0.4) is 0 Å². The van der Waals surface area contributed by atoms with Crippen LogP contribution in [-0.4, -0.2) is 23.6 Å². The Kier molecular flexibility index (Phi) is 4.53. The minimum atomic E-state index is -1.28. The Morgan fingerprint density at radius 2 is 1.88 bits per heavy atom. The molecule has 92 valence electrons. The summed E-state index contributed by atoms with van der Waals surface area (Å²) in [6, 6.07) is 3.21. The van der Waals surface area contributed by atoms with E-state index in [0.717, 1.165) is 12.1 Å². The predicted octanol–water partition coefficient (Wildman–Crippen LogP) is 0.640. The van der Waals surface area contributed by atoms with Crippen LogP contribution < -0.4 is 5.48 Å². The Hall–Kier alpha value is -2.02. The molecule has 2 N–H and O–H groups in total. The van der Waals surface area contributed by atoms with Gasteiger partial charge in [0.15, 0.2) is 6.61 Å². The highest BCUT2D eigenvalue weighted by Gasteiger charge is 2.13.